The molecule has 2 atom stereocenters. The van der Waals surface area contributed by atoms with Gasteiger partial charge in [-0.2, -0.15) is 0 Å². The lowest BCUT2D eigenvalue weighted by Gasteiger charge is -2.41. The van der Waals surface area contributed by atoms with E-state index in [1.54, 1.807) is 24.1 Å². The summed E-state index contributed by atoms with van der Waals surface area (Å²) in [6.45, 7) is 2.60. The molecule has 1 aliphatic rings. The number of carbonyl (C=O) groups is 2. The predicted octanol–water partition coefficient (Wildman–Crippen LogP) is 4.44. The standard InChI is InChI=1S/C27H26N4O3/c1-17-8-7-13-23(29-17)30-26(32)24-19-10-3-4-11-20(19)27(33)31(14-15-34-2)25(24)21-16-28-22-12-6-5-9-18(21)22/h3-13,16,24-25,28H,14-15H2,1-2H3,(H,29,30,32). The molecular formula is C27H26N4O3. The van der Waals surface area contributed by atoms with Crippen molar-refractivity contribution in [1.82, 2.24) is 14.9 Å². The summed E-state index contributed by atoms with van der Waals surface area (Å²) >= 11 is 0. The number of nitrogens with one attached hydrogen (secondary N) is 2. The second kappa shape index (κ2) is 9.11. The zero-order chi connectivity index (χ0) is 23.7. The third-order valence-electron chi connectivity index (χ3n) is 6.34. The second-order valence-corrected chi connectivity index (χ2v) is 8.44. The van der Waals surface area contributed by atoms with E-state index in [4.69, 9.17) is 4.74 Å². The van der Waals surface area contributed by atoms with E-state index in [1.807, 2.05) is 67.7 Å². The zero-order valence-corrected chi connectivity index (χ0v) is 19.1. The summed E-state index contributed by atoms with van der Waals surface area (Å²) in [6, 6.07) is 20.3. The monoisotopic (exact) mass is 454 g/mol. The number of aromatic amines is 1. The van der Waals surface area contributed by atoms with E-state index in [0.29, 0.717) is 30.1 Å². The number of amides is 2. The van der Waals surface area contributed by atoms with E-state index >= 15 is 0 Å². The molecule has 2 aromatic carbocycles. The third kappa shape index (κ3) is 3.84. The van der Waals surface area contributed by atoms with E-state index in [0.717, 1.165) is 22.2 Å². The van der Waals surface area contributed by atoms with Gasteiger partial charge in [-0.15, -0.1) is 0 Å². The number of methoxy groups -OCH3 is 1. The maximum atomic E-state index is 13.9. The molecule has 0 radical (unpaired) electrons. The maximum Gasteiger partial charge on any atom is 0.254 e. The average Bonchev–Trinajstić information content (AvgIpc) is 3.27. The van der Waals surface area contributed by atoms with Crippen LogP contribution in [-0.2, 0) is 9.53 Å². The number of aryl methyl sites for hydroxylation is 1. The lowest BCUT2D eigenvalue weighted by atomic mass is 9.79. The summed E-state index contributed by atoms with van der Waals surface area (Å²) in [5.41, 5.74) is 3.91. The van der Waals surface area contributed by atoms with Gasteiger partial charge in [-0.25, -0.2) is 4.98 Å². The number of fused-ring (bicyclic) bond motifs is 2. The summed E-state index contributed by atoms with van der Waals surface area (Å²) in [5.74, 6) is -0.468. The Labute approximate surface area is 197 Å². The number of ether oxygens (including phenoxy) is 1. The van der Waals surface area contributed by atoms with Crippen LogP contribution >= 0.6 is 0 Å². The predicted molar refractivity (Wildman–Crippen MR) is 131 cm³/mol. The molecule has 0 spiro atoms. The fourth-order valence-corrected chi connectivity index (χ4v) is 4.81. The van der Waals surface area contributed by atoms with Gasteiger partial charge in [0.1, 0.15) is 5.82 Å². The van der Waals surface area contributed by atoms with Gasteiger partial charge in [-0.3, -0.25) is 9.59 Å². The molecule has 172 valence electrons. The van der Waals surface area contributed by atoms with Gasteiger partial charge in [0.05, 0.1) is 18.6 Å². The first-order valence-corrected chi connectivity index (χ1v) is 11.3. The Morgan fingerprint density at radius 2 is 1.85 bits per heavy atom. The van der Waals surface area contributed by atoms with Crippen LogP contribution in [0.25, 0.3) is 10.9 Å². The Morgan fingerprint density at radius 3 is 2.68 bits per heavy atom. The van der Waals surface area contributed by atoms with Crippen molar-refractivity contribution >= 4 is 28.5 Å². The van der Waals surface area contributed by atoms with Crippen LogP contribution in [0.4, 0.5) is 5.82 Å². The first-order valence-electron chi connectivity index (χ1n) is 11.3. The molecule has 5 rings (SSSR count). The maximum absolute atomic E-state index is 13.9. The smallest absolute Gasteiger partial charge is 0.254 e. The molecule has 0 fully saturated rings. The number of hydrogen-bond acceptors (Lipinski definition) is 4. The first-order chi connectivity index (χ1) is 16.6. The van der Waals surface area contributed by atoms with Crippen LogP contribution in [0.1, 0.15) is 39.1 Å². The van der Waals surface area contributed by atoms with Gasteiger partial charge in [-0.1, -0.05) is 42.5 Å². The van der Waals surface area contributed by atoms with Gasteiger partial charge in [0.15, 0.2) is 0 Å². The number of hydrogen-bond donors (Lipinski definition) is 2. The summed E-state index contributed by atoms with van der Waals surface area (Å²) in [5, 5.41) is 3.98. The number of para-hydroxylation sites is 1. The minimum Gasteiger partial charge on any atom is -0.383 e. The van der Waals surface area contributed by atoms with Crippen molar-refractivity contribution in [3.05, 3.63) is 95.3 Å². The Bertz CT molecular complexity index is 1360. The number of aromatic nitrogens is 2. The van der Waals surface area contributed by atoms with Crippen LogP contribution in [0.3, 0.4) is 0 Å². The topological polar surface area (TPSA) is 87.3 Å². The Morgan fingerprint density at radius 1 is 1.06 bits per heavy atom. The SMILES string of the molecule is COCCN1C(=O)c2ccccc2C(C(=O)Nc2cccc(C)n2)C1c1c[nH]c2ccccc12. The molecule has 7 nitrogen and oxygen atoms in total. The van der Waals surface area contributed by atoms with E-state index in [2.05, 4.69) is 15.3 Å². The Balaban J connectivity index is 1.67. The highest BCUT2D eigenvalue weighted by Crippen LogP contribution is 2.45. The zero-order valence-electron chi connectivity index (χ0n) is 19.1. The second-order valence-electron chi connectivity index (χ2n) is 8.44. The Hall–Kier alpha value is -3.97. The highest BCUT2D eigenvalue weighted by atomic mass is 16.5. The van der Waals surface area contributed by atoms with E-state index in [-0.39, 0.29) is 11.8 Å². The highest BCUT2D eigenvalue weighted by molar-refractivity contribution is 6.05. The number of H-pyrrole nitrogens is 1. The Kier molecular flexibility index (Phi) is 5.86. The van der Waals surface area contributed by atoms with Gasteiger partial charge < -0.3 is 19.9 Å². The molecule has 0 saturated heterocycles. The molecule has 0 saturated carbocycles. The molecule has 1 aliphatic heterocycles. The highest BCUT2D eigenvalue weighted by Gasteiger charge is 2.44. The normalized spacial score (nSPS) is 17.6. The van der Waals surface area contributed by atoms with Crippen LogP contribution in [-0.4, -0.2) is 46.9 Å². The molecule has 4 aromatic rings. The number of nitrogens with zero attached hydrogens (tertiary/aromatic N) is 2. The molecule has 7 heteroatoms. The van der Waals surface area contributed by atoms with Crippen molar-refractivity contribution in [2.45, 2.75) is 18.9 Å². The lowest BCUT2D eigenvalue weighted by Crippen LogP contribution is -2.47. The summed E-state index contributed by atoms with van der Waals surface area (Å²) in [4.78, 5) is 37.0. The first kappa shape index (κ1) is 21.9. The van der Waals surface area contributed by atoms with Gasteiger partial charge in [0.2, 0.25) is 5.91 Å². The van der Waals surface area contributed by atoms with Gasteiger partial charge in [-0.05, 0) is 36.8 Å². The van der Waals surface area contributed by atoms with E-state index < -0.39 is 12.0 Å². The van der Waals surface area contributed by atoms with Gasteiger partial charge in [0.25, 0.3) is 5.91 Å². The van der Waals surface area contributed by atoms with Crippen molar-refractivity contribution in [3.63, 3.8) is 0 Å². The minimum absolute atomic E-state index is 0.110. The quantitative estimate of drug-likeness (QED) is 0.451. The summed E-state index contributed by atoms with van der Waals surface area (Å²) in [6.07, 6.45) is 1.90. The third-order valence-corrected chi connectivity index (χ3v) is 6.34. The van der Waals surface area contributed by atoms with E-state index in [1.165, 1.54) is 0 Å². The lowest BCUT2D eigenvalue weighted by molar-refractivity contribution is -0.119. The number of carbonyl (C=O) groups excluding carboxylic acids is 2. The van der Waals surface area contributed by atoms with Crippen molar-refractivity contribution in [1.29, 1.82) is 0 Å². The molecular weight excluding hydrogens is 428 g/mol. The average molecular weight is 455 g/mol. The number of benzene rings is 2. The number of anilines is 1. The number of rotatable bonds is 6. The van der Waals surface area contributed by atoms with Crippen LogP contribution in [0, 0.1) is 6.92 Å². The summed E-state index contributed by atoms with van der Waals surface area (Å²) in [7, 11) is 1.61. The molecule has 2 unspecified atom stereocenters. The molecule has 0 bridgehead atoms. The van der Waals surface area contributed by atoms with Gasteiger partial charge >= 0.3 is 0 Å². The fraction of sp³-hybridized carbons (Fsp3) is 0.222. The number of pyridine rings is 1. The van der Waals surface area contributed by atoms with Crippen molar-refractivity contribution in [3.8, 4) is 0 Å². The largest absolute Gasteiger partial charge is 0.383 e. The molecule has 0 aliphatic carbocycles. The summed E-state index contributed by atoms with van der Waals surface area (Å²) < 4.78 is 5.33. The van der Waals surface area contributed by atoms with Crippen molar-refractivity contribution in [2.24, 2.45) is 0 Å². The van der Waals surface area contributed by atoms with Crippen LogP contribution in [0.15, 0.2) is 72.9 Å². The molecule has 2 N–H and O–H groups in total. The molecule has 34 heavy (non-hydrogen) atoms. The van der Waals surface area contributed by atoms with E-state index in [9.17, 15) is 9.59 Å². The molecule has 3 heterocycles. The van der Waals surface area contributed by atoms with Crippen LogP contribution in [0.2, 0.25) is 0 Å². The fourth-order valence-electron chi connectivity index (χ4n) is 4.81. The van der Waals surface area contributed by atoms with Crippen LogP contribution in [0.5, 0.6) is 0 Å². The molecule has 2 aromatic heterocycles. The van der Waals surface area contributed by atoms with Crippen LogP contribution < -0.4 is 5.32 Å². The minimum atomic E-state index is -0.632. The van der Waals surface area contributed by atoms with Crippen molar-refractivity contribution < 1.29 is 14.3 Å². The van der Waals surface area contributed by atoms with Crippen molar-refractivity contribution in [2.75, 3.05) is 25.6 Å². The van der Waals surface area contributed by atoms with Gasteiger partial charge in [0, 0.05) is 47.6 Å². The molecule has 2 amide bonds.